The van der Waals surface area contributed by atoms with Crippen LogP contribution in [0.1, 0.15) is 44.0 Å². The zero-order valence-corrected chi connectivity index (χ0v) is 16.4. The van der Waals surface area contributed by atoms with E-state index in [2.05, 4.69) is 37.0 Å². The lowest BCUT2D eigenvalue weighted by Gasteiger charge is -2.44. The SMILES string of the molecule is COC(=O)[C@H](CO)NC(=O)N[C@]1(c2nnc([C@H]3NC(=O)O[C@@H]3C)o2)C[C@@H](CC#N)C1. The molecular weight excluding hydrogens is 400 g/mol. The van der Waals surface area contributed by atoms with Gasteiger partial charge in [0.25, 0.3) is 0 Å². The number of ether oxygens (including phenoxy) is 2. The standard InChI is InChI=1S/C17H22N6O7/c1-8-11(20-16(27)29-8)12-22-23-14(30-12)17(5-9(6-17)3-4-18)21-15(26)19-10(7-24)13(25)28-2/h8-11,24H,3,5-7H2,1-2H3,(H,20,27)(H2,19,21,26)/t8-,9-,10+,11+,17-/m1/s1. The number of nitrogens with zero attached hydrogens (tertiary/aromatic N) is 3. The normalized spacial score (nSPS) is 28.3. The quantitative estimate of drug-likeness (QED) is 0.420. The first-order valence-electron chi connectivity index (χ1n) is 9.27. The summed E-state index contributed by atoms with van der Waals surface area (Å²) in [6.07, 6.45) is -0.107. The van der Waals surface area contributed by atoms with E-state index < -0.39 is 48.4 Å². The molecule has 2 fully saturated rings. The van der Waals surface area contributed by atoms with E-state index in [4.69, 9.17) is 14.4 Å². The summed E-state index contributed by atoms with van der Waals surface area (Å²) in [5.74, 6) is -0.567. The topological polar surface area (TPSA) is 189 Å². The highest BCUT2D eigenvalue weighted by Crippen LogP contribution is 2.47. The molecule has 0 aromatic carbocycles. The Bertz CT molecular complexity index is 859. The Labute approximate surface area is 171 Å². The molecular formula is C17H22N6O7. The van der Waals surface area contributed by atoms with Gasteiger partial charge in [0.1, 0.15) is 17.7 Å². The van der Waals surface area contributed by atoms with E-state index in [1.807, 2.05) is 0 Å². The molecule has 13 heteroatoms. The molecule has 0 bridgehead atoms. The number of aliphatic hydroxyl groups is 1. The molecule has 1 aromatic rings. The second kappa shape index (κ2) is 8.54. The predicted molar refractivity (Wildman–Crippen MR) is 95.3 cm³/mol. The van der Waals surface area contributed by atoms with Gasteiger partial charge < -0.3 is 34.9 Å². The van der Waals surface area contributed by atoms with Crippen molar-refractivity contribution in [1.29, 1.82) is 5.26 Å². The van der Waals surface area contributed by atoms with E-state index in [1.54, 1.807) is 6.92 Å². The minimum Gasteiger partial charge on any atom is -0.467 e. The first-order chi connectivity index (χ1) is 14.3. The molecule has 1 saturated heterocycles. The van der Waals surface area contributed by atoms with Crippen LogP contribution in [0.25, 0.3) is 0 Å². The molecule has 4 N–H and O–H groups in total. The number of urea groups is 1. The lowest BCUT2D eigenvalue weighted by Crippen LogP contribution is -2.59. The maximum atomic E-state index is 12.5. The van der Waals surface area contributed by atoms with Gasteiger partial charge in [-0.05, 0) is 25.7 Å². The van der Waals surface area contributed by atoms with Crippen LogP contribution in [0.2, 0.25) is 0 Å². The van der Waals surface area contributed by atoms with Crippen molar-refractivity contribution in [2.24, 2.45) is 5.92 Å². The van der Waals surface area contributed by atoms with Crippen LogP contribution in [0.4, 0.5) is 9.59 Å². The first kappa shape index (κ1) is 21.3. The van der Waals surface area contributed by atoms with Gasteiger partial charge in [-0.3, -0.25) is 0 Å². The maximum Gasteiger partial charge on any atom is 0.408 e. The highest BCUT2D eigenvalue weighted by atomic mass is 16.6. The van der Waals surface area contributed by atoms with Crippen molar-refractivity contribution in [1.82, 2.24) is 26.1 Å². The van der Waals surface area contributed by atoms with Gasteiger partial charge in [-0.25, -0.2) is 14.4 Å². The number of rotatable bonds is 7. The van der Waals surface area contributed by atoms with Crippen molar-refractivity contribution >= 4 is 18.1 Å². The number of hydrogen-bond acceptors (Lipinski definition) is 10. The summed E-state index contributed by atoms with van der Waals surface area (Å²) in [7, 11) is 1.14. The van der Waals surface area contributed by atoms with Crippen LogP contribution in [0.5, 0.6) is 0 Å². The molecule has 1 saturated carbocycles. The van der Waals surface area contributed by atoms with E-state index >= 15 is 0 Å². The molecule has 3 amide bonds. The minimum atomic E-state index is -1.24. The Balaban J connectivity index is 1.76. The molecule has 1 aliphatic carbocycles. The minimum absolute atomic E-state index is 0.00772. The van der Waals surface area contributed by atoms with Gasteiger partial charge in [-0.1, -0.05) is 0 Å². The number of amides is 3. The largest absolute Gasteiger partial charge is 0.467 e. The number of nitrogens with one attached hydrogen (secondary N) is 3. The van der Waals surface area contributed by atoms with Crippen molar-refractivity contribution in [3.63, 3.8) is 0 Å². The summed E-state index contributed by atoms with van der Waals surface area (Å²) in [4.78, 5) is 35.5. The molecule has 0 radical (unpaired) electrons. The molecule has 2 heterocycles. The highest BCUT2D eigenvalue weighted by Gasteiger charge is 2.51. The average Bonchev–Trinajstić information content (AvgIpc) is 3.29. The Hall–Kier alpha value is -3.40. The number of carbonyl (C=O) groups is 3. The van der Waals surface area contributed by atoms with Crippen LogP contribution in [-0.4, -0.2) is 59.3 Å². The number of alkyl carbamates (subject to hydrolysis) is 1. The third-order valence-corrected chi connectivity index (χ3v) is 5.13. The molecule has 30 heavy (non-hydrogen) atoms. The first-order valence-corrected chi connectivity index (χ1v) is 9.27. The average molecular weight is 422 g/mol. The van der Waals surface area contributed by atoms with Crippen LogP contribution in [0.3, 0.4) is 0 Å². The molecule has 162 valence electrons. The zero-order chi connectivity index (χ0) is 21.9. The molecule has 13 nitrogen and oxygen atoms in total. The summed E-state index contributed by atoms with van der Waals surface area (Å²) in [6.45, 7) is 1.02. The van der Waals surface area contributed by atoms with Gasteiger partial charge in [0.2, 0.25) is 11.8 Å². The van der Waals surface area contributed by atoms with Crippen LogP contribution < -0.4 is 16.0 Å². The number of methoxy groups -OCH3 is 1. The smallest absolute Gasteiger partial charge is 0.408 e. The summed E-state index contributed by atoms with van der Waals surface area (Å²) < 4.78 is 15.3. The van der Waals surface area contributed by atoms with Crippen molar-refractivity contribution in [3.05, 3.63) is 11.8 Å². The number of nitriles is 1. The number of aromatic nitrogens is 2. The van der Waals surface area contributed by atoms with E-state index in [0.717, 1.165) is 7.11 Å². The maximum absolute atomic E-state index is 12.5. The monoisotopic (exact) mass is 422 g/mol. The van der Waals surface area contributed by atoms with Gasteiger partial charge in [0, 0.05) is 6.42 Å². The van der Waals surface area contributed by atoms with E-state index in [0.29, 0.717) is 12.8 Å². The Morgan fingerprint density at radius 3 is 2.77 bits per heavy atom. The van der Waals surface area contributed by atoms with Crippen molar-refractivity contribution in [2.75, 3.05) is 13.7 Å². The van der Waals surface area contributed by atoms with E-state index in [9.17, 15) is 19.5 Å². The molecule has 3 atom stereocenters. The van der Waals surface area contributed by atoms with Crippen molar-refractivity contribution < 1.29 is 33.4 Å². The van der Waals surface area contributed by atoms with Crippen molar-refractivity contribution in [3.8, 4) is 6.07 Å². The molecule has 0 spiro atoms. The Kier molecular flexibility index (Phi) is 6.06. The molecule has 3 rings (SSSR count). The van der Waals surface area contributed by atoms with Crippen molar-refractivity contribution in [2.45, 2.75) is 49.9 Å². The fraction of sp³-hybridized carbons (Fsp3) is 0.647. The third-order valence-electron chi connectivity index (χ3n) is 5.13. The van der Waals surface area contributed by atoms with Gasteiger partial charge in [0.05, 0.1) is 19.8 Å². The Morgan fingerprint density at radius 1 is 1.47 bits per heavy atom. The van der Waals surface area contributed by atoms with Crippen LogP contribution in [0, 0.1) is 17.2 Å². The summed E-state index contributed by atoms with van der Waals surface area (Å²) in [6, 6.07) is -0.537. The summed E-state index contributed by atoms with van der Waals surface area (Å²) in [5.41, 5.74) is -1.06. The number of cyclic esters (lactones) is 1. The molecule has 0 unspecified atom stereocenters. The van der Waals surface area contributed by atoms with Gasteiger partial charge in [-0.15, -0.1) is 10.2 Å². The van der Waals surface area contributed by atoms with Gasteiger partial charge in [-0.2, -0.15) is 5.26 Å². The zero-order valence-electron chi connectivity index (χ0n) is 16.4. The number of aliphatic hydroxyl groups excluding tert-OH is 1. The van der Waals surface area contributed by atoms with Crippen LogP contribution in [0.15, 0.2) is 4.42 Å². The fourth-order valence-corrected chi connectivity index (χ4v) is 3.59. The van der Waals surface area contributed by atoms with Crippen LogP contribution >= 0.6 is 0 Å². The van der Waals surface area contributed by atoms with E-state index in [1.165, 1.54) is 0 Å². The van der Waals surface area contributed by atoms with Crippen LogP contribution in [-0.2, 0) is 19.8 Å². The predicted octanol–water partition coefficient (Wildman–Crippen LogP) is -0.409. The molecule has 2 aliphatic rings. The number of carbonyl (C=O) groups excluding carboxylic acids is 3. The lowest BCUT2D eigenvalue weighted by molar-refractivity contribution is -0.143. The summed E-state index contributed by atoms with van der Waals surface area (Å²) in [5, 5.41) is 33.8. The second-order valence-electron chi connectivity index (χ2n) is 7.25. The summed E-state index contributed by atoms with van der Waals surface area (Å²) >= 11 is 0. The number of hydrogen-bond donors (Lipinski definition) is 4. The lowest BCUT2D eigenvalue weighted by atomic mass is 9.67. The number of esters is 1. The van der Waals surface area contributed by atoms with Gasteiger partial charge in [0.15, 0.2) is 6.04 Å². The molecule has 1 aliphatic heterocycles. The molecule has 1 aromatic heterocycles. The van der Waals surface area contributed by atoms with E-state index in [-0.39, 0.29) is 24.1 Å². The highest BCUT2D eigenvalue weighted by molar-refractivity contribution is 5.84. The van der Waals surface area contributed by atoms with Gasteiger partial charge >= 0.3 is 18.1 Å². The fourth-order valence-electron chi connectivity index (χ4n) is 3.59. The third kappa shape index (κ3) is 4.13. The second-order valence-corrected chi connectivity index (χ2v) is 7.25. The Morgan fingerprint density at radius 2 is 2.20 bits per heavy atom.